The fourth-order valence-corrected chi connectivity index (χ4v) is 3.74. The minimum atomic E-state index is -0.0631. The Labute approximate surface area is 164 Å². The standard InChI is InChI=1S/C21H25N5O2/c1-14-17-5-6-22-19(17)4-3-18(14)21(27)25-13-20(26-7-9-28-10-8-26)16-11-23-15(2)24-12-16/h3-6,11-12,20,22H,7-10,13H2,1-2H3,(H,25,27)/t20-/m1/s1. The summed E-state index contributed by atoms with van der Waals surface area (Å²) >= 11 is 0. The highest BCUT2D eigenvalue weighted by Crippen LogP contribution is 2.23. The molecule has 2 aromatic heterocycles. The van der Waals surface area contributed by atoms with Crippen molar-refractivity contribution in [2.75, 3.05) is 32.8 Å². The van der Waals surface area contributed by atoms with Gasteiger partial charge >= 0.3 is 0 Å². The van der Waals surface area contributed by atoms with E-state index in [1.54, 1.807) is 0 Å². The number of carbonyl (C=O) groups is 1. The number of fused-ring (bicyclic) bond motifs is 1. The van der Waals surface area contributed by atoms with E-state index in [4.69, 9.17) is 4.74 Å². The lowest BCUT2D eigenvalue weighted by Crippen LogP contribution is -2.44. The van der Waals surface area contributed by atoms with Gasteiger partial charge in [-0.1, -0.05) is 0 Å². The maximum atomic E-state index is 12.9. The largest absolute Gasteiger partial charge is 0.379 e. The van der Waals surface area contributed by atoms with Crippen molar-refractivity contribution in [1.82, 2.24) is 25.2 Å². The van der Waals surface area contributed by atoms with Crippen LogP contribution >= 0.6 is 0 Å². The Kier molecular flexibility index (Phi) is 5.36. The van der Waals surface area contributed by atoms with Gasteiger partial charge in [0.05, 0.1) is 19.3 Å². The molecule has 3 heterocycles. The molecule has 1 aromatic carbocycles. The zero-order valence-electron chi connectivity index (χ0n) is 16.2. The van der Waals surface area contributed by atoms with Crippen LogP contribution in [0.4, 0.5) is 0 Å². The van der Waals surface area contributed by atoms with E-state index in [-0.39, 0.29) is 11.9 Å². The highest BCUT2D eigenvalue weighted by molar-refractivity contribution is 6.00. The van der Waals surface area contributed by atoms with Gasteiger partial charge < -0.3 is 15.0 Å². The third kappa shape index (κ3) is 3.76. The van der Waals surface area contributed by atoms with E-state index in [9.17, 15) is 4.79 Å². The SMILES string of the molecule is Cc1ncc([C@@H](CNC(=O)c2ccc3[nH]ccc3c2C)N2CCOCC2)cn1. The number of rotatable bonds is 5. The van der Waals surface area contributed by atoms with Gasteiger partial charge in [-0.3, -0.25) is 9.69 Å². The zero-order valence-corrected chi connectivity index (χ0v) is 16.2. The summed E-state index contributed by atoms with van der Waals surface area (Å²) in [5, 5.41) is 4.19. The van der Waals surface area contributed by atoms with E-state index >= 15 is 0 Å². The maximum Gasteiger partial charge on any atom is 0.251 e. The molecule has 0 aliphatic carbocycles. The molecule has 0 bridgehead atoms. The average Bonchev–Trinajstić information content (AvgIpc) is 3.20. The number of nitrogens with zero attached hydrogens (tertiary/aromatic N) is 3. The lowest BCUT2D eigenvalue weighted by molar-refractivity contribution is 0.0161. The number of amides is 1. The van der Waals surface area contributed by atoms with Crippen molar-refractivity contribution in [3.8, 4) is 0 Å². The van der Waals surface area contributed by atoms with Crippen LogP contribution in [0.25, 0.3) is 10.9 Å². The van der Waals surface area contributed by atoms with Crippen LogP contribution in [0.2, 0.25) is 0 Å². The Morgan fingerprint density at radius 2 is 1.96 bits per heavy atom. The molecule has 1 aliphatic rings. The van der Waals surface area contributed by atoms with Crippen molar-refractivity contribution < 1.29 is 9.53 Å². The second-order valence-corrected chi connectivity index (χ2v) is 7.11. The lowest BCUT2D eigenvalue weighted by Gasteiger charge is -2.34. The van der Waals surface area contributed by atoms with Crippen LogP contribution < -0.4 is 5.32 Å². The fourth-order valence-electron chi connectivity index (χ4n) is 3.74. The molecule has 1 fully saturated rings. The first-order chi connectivity index (χ1) is 13.6. The molecule has 0 saturated carbocycles. The first kappa shape index (κ1) is 18.6. The summed E-state index contributed by atoms with van der Waals surface area (Å²) in [5.74, 6) is 0.677. The number of morpholine rings is 1. The van der Waals surface area contributed by atoms with Crippen molar-refractivity contribution in [1.29, 1.82) is 0 Å². The summed E-state index contributed by atoms with van der Waals surface area (Å²) in [5.41, 5.74) is 3.73. The van der Waals surface area contributed by atoms with Crippen LogP contribution in [0.1, 0.15) is 33.4 Å². The third-order valence-electron chi connectivity index (χ3n) is 5.38. The molecule has 1 saturated heterocycles. The predicted octanol–water partition coefficient (Wildman–Crippen LogP) is 2.38. The summed E-state index contributed by atoms with van der Waals surface area (Å²) < 4.78 is 5.49. The van der Waals surface area contributed by atoms with Gasteiger partial charge in [0.1, 0.15) is 5.82 Å². The number of hydrogen-bond acceptors (Lipinski definition) is 5. The Morgan fingerprint density at radius 3 is 2.71 bits per heavy atom. The number of nitrogens with one attached hydrogen (secondary N) is 2. The molecule has 146 valence electrons. The van der Waals surface area contributed by atoms with E-state index in [1.165, 1.54) is 0 Å². The van der Waals surface area contributed by atoms with Crippen molar-refractivity contribution in [2.24, 2.45) is 0 Å². The number of ether oxygens (including phenoxy) is 1. The van der Waals surface area contributed by atoms with Crippen molar-refractivity contribution in [3.05, 3.63) is 59.3 Å². The molecule has 7 nitrogen and oxygen atoms in total. The number of aromatic nitrogens is 3. The molecular formula is C21H25N5O2. The number of carbonyl (C=O) groups excluding carboxylic acids is 1. The second-order valence-electron chi connectivity index (χ2n) is 7.11. The lowest BCUT2D eigenvalue weighted by atomic mass is 10.0. The predicted molar refractivity (Wildman–Crippen MR) is 107 cm³/mol. The first-order valence-corrected chi connectivity index (χ1v) is 9.58. The van der Waals surface area contributed by atoms with Crippen LogP contribution in [0.5, 0.6) is 0 Å². The topological polar surface area (TPSA) is 83.1 Å². The summed E-state index contributed by atoms with van der Waals surface area (Å²) in [6, 6.07) is 5.85. The molecule has 0 spiro atoms. The van der Waals surface area contributed by atoms with Crippen molar-refractivity contribution >= 4 is 16.8 Å². The normalized spacial score (nSPS) is 16.2. The molecule has 3 aromatic rings. The monoisotopic (exact) mass is 379 g/mol. The molecule has 0 radical (unpaired) electrons. The number of aryl methyl sites for hydroxylation is 2. The Bertz CT molecular complexity index is 961. The van der Waals surface area contributed by atoms with Gasteiger partial charge in [-0.2, -0.15) is 0 Å². The molecule has 28 heavy (non-hydrogen) atoms. The number of H-pyrrole nitrogens is 1. The smallest absolute Gasteiger partial charge is 0.251 e. The molecule has 7 heteroatoms. The molecule has 1 atom stereocenters. The summed E-state index contributed by atoms with van der Waals surface area (Å²) in [6.07, 6.45) is 5.60. The number of hydrogen-bond donors (Lipinski definition) is 2. The molecule has 4 rings (SSSR count). The van der Waals surface area contributed by atoms with Crippen LogP contribution in [-0.2, 0) is 4.74 Å². The highest BCUT2D eigenvalue weighted by Gasteiger charge is 2.24. The van der Waals surface area contributed by atoms with Gasteiger partial charge in [-0.25, -0.2) is 9.97 Å². The van der Waals surface area contributed by atoms with E-state index in [2.05, 4.69) is 25.2 Å². The summed E-state index contributed by atoms with van der Waals surface area (Å²) in [6.45, 7) is 7.38. The van der Waals surface area contributed by atoms with Gasteiger partial charge in [-0.15, -0.1) is 0 Å². The fraction of sp³-hybridized carbons (Fsp3) is 0.381. The number of benzene rings is 1. The first-order valence-electron chi connectivity index (χ1n) is 9.58. The molecule has 0 unspecified atom stereocenters. The van der Waals surface area contributed by atoms with Gasteiger partial charge in [0.25, 0.3) is 5.91 Å². The van der Waals surface area contributed by atoms with Crippen LogP contribution in [0.15, 0.2) is 36.8 Å². The molecule has 1 aliphatic heterocycles. The van der Waals surface area contributed by atoms with Crippen LogP contribution in [-0.4, -0.2) is 58.6 Å². The van der Waals surface area contributed by atoms with Crippen LogP contribution in [0.3, 0.4) is 0 Å². The average molecular weight is 379 g/mol. The summed E-state index contributed by atoms with van der Waals surface area (Å²) in [4.78, 5) is 27.1. The molecular weight excluding hydrogens is 354 g/mol. The summed E-state index contributed by atoms with van der Waals surface area (Å²) in [7, 11) is 0. The second kappa shape index (κ2) is 8.08. The Morgan fingerprint density at radius 1 is 1.21 bits per heavy atom. The van der Waals surface area contributed by atoms with Crippen LogP contribution in [0, 0.1) is 13.8 Å². The van der Waals surface area contributed by atoms with E-state index in [0.29, 0.717) is 25.3 Å². The molecule has 2 N–H and O–H groups in total. The molecule has 1 amide bonds. The van der Waals surface area contributed by atoms with E-state index < -0.39 is 0 Å². The van der Waals surface area contributed by atoms with Gasteiger partial charge in [-0.05, 0) is 37.6 Å². The minimum Gasteiger partial charge on any atom is -0.379 e. The Balaban J connectivity index is 1.53. The quantitative estimate of drug-likeness (QED) is 0.711. The highest BCUT2D eigenvalue weighted by atomic mass is 16.5. The maximum absolute atomic E-state index is 12.9. The third-order valence-corrected chi connectivity index (χ3v) is 5.38. The Hall–Kier alpha value is -2.77. The van der Waals surface area contributed by atoms with E-state index in [0.717, 1.165) is 40.9 Å². The minimum absolute atomic E-state index is 0.0183. The van der Waals surface area contributed by atoms with Gasteiger partial charge in [0.2, 0.25) is 0 Å². The number of aromatic amines is 1. The van der Waals surface area contributed by atoms with Gasteiger partial charge in [0, 0.05) is 60.3 Å². The van der Waals surface area contributed by atoms with Crippen molar-refractivity contribution in [3.63, 3.8) is 0 Å². The van der Waals surface area contributed by atoms with Crippen molar-refractivity contribution in [2.45, 2.75) is 19.9 Å². The van der Waals surface area contributed by atoms with E-state index in [1.807, 2.05) is 50.6 Å². The van der Waals surface area contributed by atoms with Gasteiger partial charge in [0.15, 0.2) is 0 Å². The zero-order chi connectivity index (χ0) is 19.5.